The average Bonchev–Trinajstić information content (AvgIpc) is 3.36. The SMILES string of the molecule is C=CCOC12Oc3ccc(OCCSc4ccccc4)cc3C3C(CCCCO)C(CCCCO)C=C(C(=NOC(C)(C)C)CC1N(Cc1ccc(F)cc1)C(=O)OCCCCCCCCCCCC)C32. The summed E-state index contributed by atoms with van der Waals surface area (Å²) in [5.74, 6) is -0.315. The van der Waals surface area contributed by atoms with Gasteiger partial charge in [0.25, 0.3) is 0 Å². The molecule has 1 heterocycles. The van der Waals surface area contributed by atoms with Crippen LogP contribution >= 0.6 is 11.8 Å². The van der Waals surface area contributed by atoms with E-state index in [-0.39, 0.29) is 63.0 Å². The number of unbranched alkanes of at least 4 members (excludes halogenated alkanes) is 11. The fraction of sp³-hybridized carbons (Fsp3) is 0.593. The van der Waals surface area contributed by atoms with Gasteiger partial charge in [-0.25, -0.2) is 9.18 Å². The Bertz CT molecular complexity index is 2130. The van der Waals surface area contributed by atoms with E-state index in [1.807, 2.05) is 51.1 Å². The lowest BCUT2D eigenvalue weighted by molar-refractivity contribution is -0.256. The lowest BCUT2D eigenvalue weighted by Crippen LogP contribution is -2.70. The Balaban J connectivity index is 1.44. The summed E-state index contributed by atoms with van der Waals surface area (Å²) >= 11 is 1.75. The van der Waals surface area contributed by atoms with Crippen LogP contribution in [0.25, 0.3) is 0 Å². The minimum Gasteiger partial charge on any atom is -0.493 e. The van der Waals surface area contributed by atoms with E-state index in [9.17, 15) is 14.6 Å². The Morgan fingerprint density at radius 1 is 0.887 bits per heavy atom. The van der Waals surface area contributed by atoms with Gasteiger partial charge < -0.3 is 34.0 Å². The van der Waals surface area contributed by atoms with E-state index in [1.54, 1.807) is 34.9 Å². The van der Waals surface area contributed by atoms with E-state index in [0.29, 0.717) is 30.9 Å². The first-order chi connectivity index (χ1) is 34.5. The molecule has 3 aromatic rings. The zero-order valence-electron chi connectivity index (χ0n) is 43.2. The Labute approximate surface area is 428 Å². The Hall–Kier alpha value is -4.36. The molecule has 12 heteroatoms. The van der Waals surface area contributed by atoms with Gasteiger partial charge in [-0.1, -0.05) is 125 Å². The normalized spacial score (nSPS) is 21.9. The van der Waals surface area contributed by atoms with Crippen LogP contribution in [0.2, 0.25) is 0 Å². The summed E-state index contributed by atoms with van der Waals surface area (Å²) < 4.78 is 41.9. The number of amides is 1. The maximum Gasteiger partial charge on any atom is 0.410 e. The Morgan fingerprint density at radius 2 is 1.58 bits per heavy atom. The third kappa shape index (κ3) is 16.1. The van der Waals surface area contributed by atoms with Crippen molar-refractivity contribution in [3.05, 3.63) is 114 Å². The smallest absolute Gasteiger partial charge is 0.410 e. The van der Waals surface area contributed by atoms with Crippen LogP contribution in [0.1, 0.15) is 154 Å². The summed E-state index contributed by atoms with van der Waals surface area (Å²) in [6, 6.07) is 21.8. The number of carbonyl (C=O) groups is 1. The number of rotatable bonds is 31. The first kappa shape index (κ1) is 55.9. The predicted molar refractivity (Wildman–Crippen MR) is 284 cm³/mol. The Kier molecular flexibility index (Phi) is 22.7. The first-order valence-electron chi connectivity index (χ1n) is 26.8. The number of carbonyl (C=O) groups excluding carboxylic acids is 1. The third-order valence-corrected chi connectivity index (χ3v) is 15.0. The lowest BCUT2D eigenvalue weighted by atomic mass is 9.55. The highest BCUT2D eigenvalue weighted by atomic mass is 32.2. The first-order valence-corrected chi connectivity index (χ1v) is 27.8. The van der Waals surface area contributed by atoms with E-state index >= 15 is 4.79 Å². The summed E-state index contributed by atoms with van der Waals surface area (Å²) in [7, 11) is 0. The maximum atomic E-state index is 15.0. The number of benzene rings is 3. The van der Waals surface area contributed by atoms with Crippen LogP contribution in [-0.2, 0) is 20.9 Å². The molecule has 10 nitrogen and oxygen atoms in total. The van der Waals surface area contributed by atoms with Gasteiger partial charge in [0, 0.05) is 48.3 Å². The van der Waals surface area contributed by atoms with Crippen molar-refractivity contribution in [3.63, 3.8) is 0 Å². The zero-order valence-corrected chi connectivity index (χ0v) is 44.0. The van der Waals surface area contributed by atoms with Crippen molar-refractivity contribution >= 4 is 23.6 Å². The summed E-state index contributed by atoms with van der Waals surface area (Å²) in [6.07, 6.45) is 19.9. The third-order valence-electron chi connectivity index (χ3n) is 14.0. The highest BCUT2D eigenvalue weighted by molar-refractivity contribution is 7.99. The molecule has 2 N–H and O–H groups in total. The lowest BCUT2D eigenvalue weighted by Gasteiger charge is -2.60. The van der Waals surface area contributed by atoms with Gasteiger partial charge in [-0.2, -0.15) is 0 Å². The van der Waals surface area contributed by atoms with Crippen molar-refractivity contribution in [2.24, 2.45) is 22.9 Å². The van der Waals surface area contributed by atoms with Crippen molar-refractivity contribution in [1.82, 2.24) is 4.90 Å². The monoisotopic (exact) mass is 999 g/mol. The number of ether oxygens (including phenoxy) is 4. The van der Waals surface area contributed by atoms with Crippen molar-refractivity contribution in [2.45, 2.75) is 172 Å². The molecule has 6 rings (SSSR count). The molecule has 2 aliphatic carbocycles. The molecule has 1 fully saturated rings. The molecule has 3 aliphatic rings. The van der Waals surface area contributed by atoms with Crippen molar-refractivity contribution in [3.8, 4) is 11.5 Å². The van der Waals surface area contributed by atoms with Gasteiger partial charge in [0.1, 0.15) is 29.0 Å². The summed E-state index contributed by atoms with van der Waals surface area (Å²) in [4.78, 5) is 24.3. The van der Waals surface area contributed by atoms with E-state index < -0.39 is 29.4 Å². The fourth-order valence-electron chi connectivity index (χ4n) is 10.7. The second-order valence-corrected chi connectivity index (χ2v) is 21.7. The predicted octanol–water partition coefficient (Wildman–Crippen LogP) is 14.0. The molecule has 0 aromatic heterocycles. The van der Waals surface area contributed by atoms with Crippen LogP contribution < -0.4 is 9.47 Å². The van der Waals surface area contributed by atoms with Crippen LogP contribution in [0.3, 0.4) is 0 Å². The maximum absolute atomic E-state index is 15.0. The molecule has 1 aliphatic heterocycles. The molecule has 6 atom stereocenters. The quantitative estimate of drug-likeness (QED) is 0.0281. The highest BCUT2D eigenvalue weighted by Crippen LogP contribution is 2.62. The van der Waals surface area contributed by atoms with E-state index in [2.05, 4.69) is 37.8 Å². The van der Waals surface area contributed by atoms with Crippen LogP contribution in [-0.4, -0.2) is 83.1 Å². The number of oxime groups is 1. The van der Waals surface area contributed by atoms with Gasteiger partial charge in [-0.15, -0.1) is 18.3 Å². The summed E-state index contributed by atoms with van der Waals surface area (Å²) in [6.45, 7) is 13.4. The molecule has 0 radical (unpaired) electrons. The molecule has 6 unspecified atom stereocenters. The van der Waals surface area contributed by atoms with Crippen molar-refractivity contribution in [1.29, 1.82) is 0 Å². The number of aliphatic hydroxyl groups is 2. The van der Waals surface area contributed by atoms with Crippen molar-refractivity contribution in [2.75, 3.05) is 38.8 Å². The second-order valence-electron chi connectivity index (χ2n) is 20.5. The molecular weight excluding hydrogens is 916 g/mol. The minimum absolute atomic E-state index is 0.0459. The van der Waals surface area contributed by atoms with Gasteiger partial charge in [0.15, 0.2) is 0 Å². The van der Waals surface area contributed by atoms with Crippen LogP contribution in [0.4, 0.5) is 9.18 Å². The zero-order chi connectivity index (χ0) is 50.5. The second kappa shape index (κ2) is 28.8. The minimum atomic E-state index is -1.48. The number of nitrogens with zero attached hydrogens (tertiary/aromatic N) is 2. The molecule has 1 saturated carbocycles. The van der Waals surface area contributed by atoms with E-state index in [1.165, 1.54) is 62.0 Å². The van der Waals surface area contributed by atoms with Gasteiger partial charge in [0.05, 0.1) is 31.5 Å². The summed E-state index contributed by atoms with van der Waals surface area (Å²) in [5.41, 5.74) is 2.73. The molecule has 71 heavy (non-hydrogen) atoms. The number of hydrogen-bond acceptors (Lipinski definition) is 10. The van der Waals surface area contributed by atoms with Crippen LogP contribution in [0.5, 0.6) is 11.5 Å². The number of thioether (sulfide) groups is 1. The highest BCUT2D eigenvalue weighted by Gasteiger charge is 2.65. The van der Waals surface area contributed by atoms with Gasteiger partial charge >= 0.3 is 6.09 Å². The molecular formula is C59H83FN2O8S. The fourth-order valence-corrected chi connectivity index (χ4v) is 11.4. The van der Waals surface area contributed by atoms with Crippen LogP contribution in [0.15, 0.2) is 107 Å². The van der Waals surface area contributed by atoms with Gasteiger partial charge in [-0.05, 0) is 118 Å². The number of halogens is 1. The van der Waals surface area contributed by atoms with E-state index in [4.69, 9.17) is 28.9 Å². The molecule has 0 bridgehead atoms. The molecule has 390 valence electrons. The largest absolute Gasteiger partial charge is 0.493 e. The average molecular weight is 999 g/mol. The van der Waals surface area contributed by atoms with E-state index in [0.717, 1.165) is 73.1 Å². The number of hydrogen-bond donors (Lipinski definition) is 2. The molecule has 3 aromatic carbocycles. The standard InChI is InChI=1S/C59H83FN2O8S/c1-6-8-9-10-11-12-13-14-15-23-37-67-57(65)62(43-44-28-30-46(60)31-29-44)54-42-52(61-70-58(3,4)5)50-40-45(24-19-21-34-63)49(27-20-22-35-64)55-51-41-47(66-38-39-71-48-25-17-16-18-26-48)32-33-53(51)69-59(54,56(50)55)68-36-7-2/h7,16-18,25-26,28-33,40-41,45,49,54-56,63-64H,2,6,8-15,19-24,27,34-39,42-43H2,1,3-5H3. The van der Waals surface area contributed by atoms with Crippen molar-refractivity contribution < 1.29 is 43.2 Å². The Morgan fingerprint density at radius 3 is 2.25 bits per heavy atom. The molecule has 1 amide bonds. The molecule has 0 saturated heterocycles. The number of aliphatic hydroxyl groups excluding tert-OH is 2. The van der Waals surface area contributed by atoms with Gasteiger partial charge in [0.2, 0.25) is 5.79 Å². The van der Waals surface area contributed by atoms with Crippen LogP contribution in [0, 0.1) is 23.6 Å². The number of allylic oxidation sites excluding steroid dienone is 1. The topological polar surface area (TPSA) is 119 Å². The summed E-state index contributed by atoms with van der Waals surface area (Å²) in [5, 5.41) is 25.1. The molecule has 0 spiro atoms. The van der Waals surface area contributed by atoms with Gasteiger partial charge in [-0.3, -0.25) is 4.90 Å². The number of fused-ring (bicyclic) bond motifs is 2.